The number of carboxylic acids is 1. The Bertz CT molecular complexity index is 519. The van der Waals surface area contributed by atoms with Crippen LogP contribution in [0.2, 0.25) is 0 Å². The van der Waals surface area contributed by atoms with Gasteiger partial charge in [-0.1, -0.05) is 24.3 Å². The summed E-state index contributed by atoms with van der Waals surface area (Å²) in [6.07, 6.45) is 1.49. The molecule has 2 amide bonds. The smallest absolute Gasteiger partial charge is 0.331 e. The normalized spacial score (nSPS) is 17.2. The van der Waals surface area contributed by atoms with Crippen LogP contribution in [0.4, 0.5) is 4.79 Å². The van der Waals surface area contributed by atoms with E-state index in [4.69, 9.17) is 0 Å². The van der Waals surface area contributed by atoms with Crippen LogP contribution < -0.4 is 10.6 Å². The average Bonchev–Trinajstić information content (AvgIpc) is 2.50. The van der Waals surface area contributed by atoms with Gasteiger partial charge in [0.1, 0.15) is 0 Å². The van der Waals surface area contributed by atoms with Crippen molar-refractivity contribution in [3.05, 3.63) is 35.4 Å². The first-order valence-corrected chi connectivity index (χ1v) is 7.15. The van der Waals surface area contributed by atoms with Crippen LogP contribution >= 0.6 is 0 Å². The van der Waals surface area contributed by atoms with Gasteiger partial charge in [-0.15, -0.1) is 0 Å². The Morgan fingerprint density at radius 2 is 2.10 bits per heavy atom. The van der Waals surface area contributed by atoms with Crippen LogP contribution in [-0.4, -0.2) is 48.7 Å². The van der Waals surface area contributed by atoms with Crippen LogP contribution in [0.1, 0.15) is 23.6 Å². The highest BCUT2D eigenvalue weighted by molar-refractivity contribution is 5.84. The number of carboxylic acid groups (broad SMARTS) is 1. The first-order valence-electron chi connectivity index (χ1n) is 7.15. The van der Waals surface area contributed by atoms with E-state index in [1.54, 1.807) is 6.07 Å². The number of fused-ring (bicyclic) bond motifs is 1. The van der Waals surface area contributed by atoms with Crippen molar-refractivity contribution in [1.29, 1.82) is 0 Å². The molecule has 1 aromatic carbocycles. The van der Waals surface area contributed by atoms with Crippen molar-refractivity contribution >= 4 is 12.0 Å². The Balaban J connectivity index is 2.09. The van der Waals surface area contributed by atoms with E-state index in [-0.39, 0.29) is 6.03 Å². The van der Waals surface area contributed by atoms with Crippen molar-refractivity contribution in [2.75, 3.05) is 26.7 Å². The summed E-state index contributed by atoms with van der Waals surface area (Å²) in [6.45, 7) is 1.77. The van der Waals surface area contributed by atoms with Gasteiger partial charge >= 0.3 is 12.0 Å². The molecule has 3 N–H and O–H groups in total. The van der Waals surface area contributed by atoms with Crippen molar-refractivity contribution in [2.24, 2.45) is 0 Å². The second kappa shape index (κ2) is 7.08. The summed E-state index contributed by atoms with van der Waals surface area (Å²) in [5, 5.41) is 15.3. The Labute approximate surface area is 124 Å². The number of aliphatic carboxylic acids is 1. The summed E-state index contributed by atoms with van der Waals surface area (Å²) >= 11 is 0. The molecule has 6 nitrogen and oxygen atoms in total. The van der Waals surface area contributed by atoms with Gasteiger partial charge in [0.25, 0.3) is 0 Å². The molecule has 0 bridgehead atoms. The fourth-order valence-electron chi connectivity index (χ4n) is 2.61. The van der Waals surface area contributed by atoms with Crippen LogP contribution in [0, 0.1) is 0 Å². The molecule has 1 aliphatic rings. The number of nitrogens with one attached hydrogen (secondary N) is 2. The molecule has 1 unspecified atom stereocenters. The number of nitrogens with zero attached hydrogens (tertiary/aromatic N) is 1. The van der Waals surface area contributed by atoms with Crippen molar-refractivity contribution in [2.45, 2.75) is 18.9 Å². The molecule has 0 saturated heterocycles. The zero-order chi connectivity index (χ0) is 15.2. The van der Waals surface area contributed by atoms with Crippen LogP contribution in [0.5, 0.6) is 0 Å². The molecule has 0 fully saturated rings. The van der Waals surface area contributed by atoms with Gasteiger partial charge < -0.3 is 20.6 Å². The van der Waals surface area contributed by atoms with E-state index < -0.39 is 12.0 Å². The molecule has 0 spiro atoms. The number of carbonyl (C=O) groups is 2. The Hall–Kier alpha value is -2.08. The maximum absolute atomic E-state index is 12.2. The van der Waals surface area contributed by atoms with Gasteiger partial charge in [-0.05, 0) is 37.6 Å². The Kier molecular flexibility index (Phi) is 5.16. The lowest BCUT2D eigenvalue weighted by Crippen LogP contribution is -2.48. The summed E-state index contributed by atoms with van der Waals surface area (Å²) in [7, 11) is 1.85. The number of amides is 2. The fourth-order valence-corrected chi connectivity index (χ4v) is 2.61. The number of carbonyl (C=O) groups excluding carboxylic acids is 1. The van der Waals surface area contributed by atoms with E-state index in [0.29, 0.717) is 25.1 Å². The zero-order valence-electron chi connectivity index (χ0n) is 12.1. The molecule has 6 heteroatoms. The predicted molar refractivity (Wildman–Crippen MR) is 79.2 cm³/mol. The average molecular weight is 291 g/mol. The minimum atomic E-state index is -0.993. The van der Waals surface area contributed by atoms with E-state index in [9.17, 15) is 14.7 Å². The third-order valence-corrected chi connectivity index (χ3v) is 3.66. The highest BCUT2D eigenvalue weighted by Gasteiger charge is 2.35. The molecule has 1 aromatic rings. The van der Waals surface area contributed by atoms with E-state index in [0.717, 1.165) is 18.5 Å². The monoisotopic (exact) mass is 291 g/mol. The molecule has 0 aliphatic carbocycles. The molecule has 1 atom stereocenters. The third-order valence-electron chi connectivity index (χ3n) is 3.66. The van der Waals surface area contributed by atoms with Gasteiger partial charge in [0.15, 0.2) is 6.04 Å². The predicted octanol–water partition coefficient (Wildman–Crippen LogP) is 0.989. The third kappa shape index (κ3) is 3.52. The lowest BCUT2D eigenvalue weighted by atomic mass is 9.93. The number of benzene rings is 1. The van der Waals surface area contributed by atoms with Crippen molar-refractivity contribution < 1.29 is 14.7 Å². The Morgan fingerprint density at radius 1 is 1.33 bits per heavy atom. The van der Waals surface area contributed by atoms with Gasteiger partial charge in [0.2, 0.25) is 0 Å². The first kappa shape index (κ1) is 15.3. The number of urea groups is 1. The molecule has 21 heavy (non-hydrogen) atoms. The van der Waals surface area contributed by atoms with Crippen molar-refractivity contribution in [3.63, 3.8) is 0 Å². The van der Waals surface area contributed by atoms with Gasteiger partial charge in [0.05, 0.1) is 0 Å². The van der Waals surface area contributed by atoms with Gasteiger partial charge in [-0.2, -0.15) is 0 Å². The van der Waals surface area contributed by atoms with E-state index in [1.165, 1.54) is 4.90 Å². The SMILES string of the molecule is CNCCCNC(=O)N1CCc2ccccc2C1C(=O)O. The maximum atomic E-state index is 12.2. The molecule has 114 valence electrons. The quantitative estimate of drug-likeness (QED) is 0.707. The van der Waals surface area contributed by atoms with Crippen LogP contribution in [0.3, 0.4) is 0 Å². The summed E-state index contributed by atoms with van der Waals surface area (Å²) in [5.41, 5.74) is 1.71. The standard InChI is InChI=1S/C15H21N3O3/c1-16-8-4-9-17-15(21)18-10-7-11-5-2-3-6-12(11)13(18)14(19)20/h2-3,5-6,13,16H,4,7-10H2,1H3,(H,17,21)(H,19,20). The molecule has 1 heterocycles. The highest BCUT2D eigenvalue weighted by atomic mass is 16.4. The van der Waals surface area contributed by atoms with E-state index >= 15 is 0 Å². The highest BCUT2D eigenvalue weighted by Crippen LogP contribution is 2.29. The zero-order valence-corrected chi connectivity index (χ0v) is 12.1. The minimum Gasteiger partial charge on any atom is -0.479 e. The number of rotatable bonds is 5. The largest absolute Gasteiger partial charge is 0.479 e. The number of hydrogen-bond acceptors (Lipinski definition) is 3. The van der Waals surface area contributed by atoms with Gasteiger partial charge in [-0.3, -0.25) is 0 Å². The second-order valence-corrected chi connectivity index (χ2v) is 5.07. The Morgan fingerprint density at radius 3 is 2.81 bits per heavy atom. The molecular weight excluding hydrogens is 270 g/mol. The first-order chi connectivity index (χ1) is 10.1. The molecule has 1 aliphatic heterocycles. The lowest BCUT2D eigenvalue weighted by molar-refractivity contribution is -0.142. The maximum Gasteiger partial charge on any atom is 0.331 e. The summed E-state index contributed by atoms with van der Waals surface area (Å²) in [6, 6.07) is 6.20. The van der Waals surface area contributed by atoms with E-state index in [2.05, 4.69) is 10.6 Å². The lowest BCUT2D eigenvalue weighted by Gasteiger charge is -2.34. The van der Waals surface area contributed by atoms with Crippen LogP contribution in [-0.2, 0) is 11.2 Å². The topological polar surface area (TPSA) is 81.7 Å². The van der Waals surface area contributed by atoms with Gasteiger partial charge in [-0.25, -0.2) is 9.59 Å². The van der Waals surface area contributed by atoms with Gasteiger partial charge in [0, 0.05) is 13.1 Å². The molecule has 0 radical (unpaired) electrons. The van der Waals surface area contributed by atoms with Crippen molar-refractivity contribution in [1.82, 2.24) is 15.5 Å². The second-order valence-electron chi connectivity index (χ2n) is 5.07. The molecule has 0 aromatic heterocycles. The number of hydrogen-bond donors (Lipinski definition) is 3. The fraction of sp³-hybridized carbons (Fsp3) is 0.467. The summed E-state index contributed by atoms with van der Waals surface area (Å²) < 4.78 is 0. The molecule has 0 saturated carbocycles. The molecular formula is C15H21N3O3. The molecule has 2 rings (SSSR count). The summed E-state index contributed by atoms with van der Waals surface area (Å²) in [5.74, 6) is -0.993. The minimum absolute atomic E-state index is 0.312. The summed E-state index contributed by atoms with van der Waals surface area (Å²) in [4.78, 5) is 25.2. The van der Waals surface area contributed by atoms with Crippen LogP contribution in [0.25, 0.3) is 0 Å². The van der Waals surface area contributed by atoms with Crippen LogP contribution in [0.15, 0.2) is 24.3 Å². The van der Waals surface area contributed by atoms with E-state index in [1.807, 2.05) is 25.2 Å². The van der Waals surface area contributed by atoms with Crippen molar-refractivity contribution in [3.8, 4) is 0 Å².